The van der Waals surface area contributed by atoms with Crippen molar-refractivity contribution < 1.29 is 0 Å². The molecule has 1 aromatic rings. The molecule has 3 atom stereocenters. The average Bonchev–Trinajstić information content (AvgIpc) is 2.91. The first kappa shape index (κ1) is 9.28. The Morgan fingerprint density at radius 2 is 2.00 bits per heavy atom. The number of nitrogens with two attached hydrogens (primary N) is 1. The van der Waals surface area contributed by atoms with Crippen LogP contribution in [0.15, 0.2) is 12.4 Å². The highest BCUT2D eigenvalue weighted by Gasteiger charge is 2.41. The van der Waals surface area contributed by atoms with Gasteiger partial charge in [0.25, 0.3) is 0 Å². The maximum atomic E-state index is 5.53. The topological polar surface area (TPSA) is 51.8 Å². The van der Waals surface area contributed by atoms with E-state index in [1.165, 1.54) is 25.7 Å². The first-order valence-electron chi connectivity index (χ1n) is 5.87. The highest BCUT2D eigenvalue weighted by molar-refractivity contribution is 5.11. The molecule has 0 aromatic carbocycles. The van der Waals surface area contributed by atoms with Gasteiger partial charge < -0.3 is 5.73 Å². The average molecular weight is 203 g/mol. The summed E-state index contributed by atoms with van der Waals surface area (Å²) in [6.07, 6.45) is 9.31. The molecule has 0 saturated heterocycles. The molecule has 0 amide bonds. The lowest BCUT2D eigenvalue weighted by molar-refractivity contribution is 0.405. The van der Waals surface area contributed by atoms with Crippen LogP contribution in [0.3, 0.4) is 0 Å². The van der Waals surface area contributed by atoms with E-state index in [-0.39, 0.29) is 0 Å². The first-order valence-corrected chi connectivity index (χ1v) is 5.87. The summed E-state index contributed by atoms with van der Waals surface area (Å²) in [7, 11) is 0. The van der Waals surface area contributed by atoms with E-state index in [2.05, 4.69) is 9.97 Å². The van der Waals surface area contributed by atoms with Crippen molar-refractivity contribution >= 4 is 0 Å². The second-order valence-corrected chi connectivity index (χ2v) is 4.93. The predicted molar refractivity (Wildman–Crippen MR) is 58.1 cm³/mol. The van der Waals surface area contributed by atoms with Gasteiger partial charge in [0.2, 0.25) is 0 Å². The van der Waals surface area contributed by atoms with Crippen LogP contribution in [-0.2, 0) is 6.54 Å². The lowest BCUT2D eigenvalue weighted by Crippen LogP contribution is -2.12. The fourth-order valence-corrected chi connectivity index (χ4v) is 3.22. The smallest absolute Gasteiger partial charge is 0.131 e. The maximum Gasteiger partial charge on any atom is 0.131 e. The van der Waals surface area contributed by atoms with E-state index in [9.17, 15) is 0 Å². The molecule has 3 nitrogen and oxygen atoms in total. The number of nitrogens with zero attached hydrogens (tertiary/aromatic N) is 2. The molecule has 3 unspecified atom stereocenters. The number of rotatable bonds is 2. The second-order valence-electron chi connectivity index (χ2n) is 4.93. The monoisotopic (exact) mass is 203 g/mol. The van der Waals surface area contributed by atoms with E-state index in [0.29, 0.717) is 12.5 Å². The Hall–Kier alpha value is -0.960. The summed E-state index contributed by atoms with van der Waals surface area (Å²) < 4.78 is 0. The van der Waals surface area contributed by atoms with Crippen LogP contribution in [0.4, 0.5) is 0 Å². The van der Waals surface area contributed by atoms with Crippen LogP contribution in [0.5, 0.6) is 0 Å². The van der Waals surface area contributed by atoms with E-state index in [4.69, 9.17) is 5.73 Å². The SMILES string of the molecule is NCc1cnc(C2CC3CCC2C3)nc1. The molecule has 3 rings (SSSR count). The zero-order valence-electron chi connectivity index (χ0n) is 8.89. The third-order valence-electron chi connectivity index (χ3n) is 4.03. The number of fused-ring (bicyclic) bond motifs is 2. The highest BCUT2D eigenvalue weighted by atomic mass is 14.9. The minimum Gasteiger partial charge on any atom is -0.326 e. The Labute approximate surface area is 90.1 Å². The molecule has 0 aliphatic heterocycles. The molecule has 1 aromatic heterocycles. The van der Waals surface area contributed by atoms with Crippen LogP contribution in [0.25, 0.3) is 0 Å². The van der Waals surface area contributed by atoms with E-state index >= 15 is 0 Å². The van der Waals surface area contributed by atoms with Crippen LogP contribution in [-0.4, -0.2) is 9.97 Å². The van der Waals surface area contributed by atoms with Crippen molar-refractivity contribution in [2.45, 2.75) is 38.1 Å². The molecule has 2 aliphatic rings. The van der Waals surface area contributed by atoms with E-state index < -0.39 is 0 Å². The van der Waals surface area contributed by atoms with Crippen molar-refractivity contribution in [2.24, 2.45) is 17.6 Å². The van der Waals surface area contributed by atoms with Crippen molar-refractivity contribution in [3.05, 3.63) is 23.8 Å². The van der Waals surface area contributed by atoms with Crippen LogP contribution >= 0.6 is 0 Å². The molecule has 2 fully saturated rings. The standard InChI is InChI=1S/C12H17N3/c13-5-9-6-14-12(15-7-9)11-4-8-1-2-10(11)3-8/h6-8,10-11H,1-5,13H2. The summed E-state index contributed by atoms with van der Waals surface area (Å²) in [5.41, 5.74) is 6.56. The van der Waals surface area contributed by atoms with Gasteiger partial charge in [-0.15, -0.1) is 0 Å². The first-order chi connectivity index (χ1) is 7.36. The highest BCUT2D eigenvalue weighted by Crippen LogP contribution is 2.51. The molecule has 0 radical (unpaired) electrons. The van der Waals surface area contributed by atoms with Gasteiger partial charge >= 0.3 is 0 Å². The maximum absolute atomic E-state index is 5.53. The van der Waals surface area contributed by atoms with Crippen molar-refractivity contribution in [3.8, 4) is 0 Å². The van der Waals surface area contributed by atoms with E-state index in [1.807, 2.05) is 12.4 Å². The quantitative estimate of drug-likeness (QED) is 0.798. The zero-order valence-corrected chi connectivity index (χ0v) is 8.89. The molecule has 15 heavy (non-hydrogen) atoms. The Morgan fingerprint density at radius 1 is 1.20 bits per heavy atom. The summed E-state index contributed by atoms with van der Waals surface area (Å²) in [5.74, 6) is 3.51. The van der Waals surface area contributed by atoms with Gasteiger partial charge in [-0.1, -0.05) is 6.42 Å². The van der Waals surface area contributed by atoms with Crippen molar-refractivity contribution in [2.75, 3.05) is 0 Å². The summed E-state index contributed by atoms with van der Waals surface area (Å²) in [5, 5.41) is 0. The van der Waals surface area contributed by atoms with Crippen LogP contribution < -0.4 is 5.73 Å². The van der Waals surface area contributed by atoms with Crippen LogP contribution in [0.1, 0.15) is 43.0 Å². The number of aromatic nitrogens is 2. The Bertz CT molecular complexity index is 346. The third-order valence-corrected chi connectivity index (χ3v) is 4.03. The van der Waals surface area contributed by atoms with Gasteiger partial charge in [0.05, 0.1) is 0 Å². The largest absolute Gasteiger partial charge is 0.326 e. The molecular formula is C12H17N3. The molecule has 80 valence electrons. The Kier molecular flexibility index (Phi) is 2.20. The number of hydrogen-bond donors (Lipinski definition) is 1. The molecule has 2 aliphatic carbocycles. The Balaban J connectivity index is 1.81. The molecule has 2 bridgehead atoms. The van der Waals surface area contributed by atoms with Gasteiger partial charge in [0, 0.05) is 30.4 Å². The number of hydrogen-bond acceptors (Lipinski definition) is 3. The van der Waals surface area contributed by atoms with E-state index in [0.717, 1.165) is 23.2 Å². The lowest BCUT2D eigenvalue weighted by Gasteiger charge is -2.19. The fraction of sp³-hybridized carbons (Fsp3) is 0.667. The predicted octanol–water partition coefficient (Wildman–Crippen LogP) is 1.84. The van der Waals surface area contributed by atoms with Gasteiger partial charge in [-0.25, -0.2) is 9.97 Å². The second kappa shape index (κ2) is 3.56. The normalized spacial score (nSPS) is 33.5. The summed E-state index contributed by atoms with van der Waals surface area (Å²) in [4.78, 5) is 8.92. The minimum atomic E-state index is 0.539. The van der Waals surface area contributed by atoms with Gasteiger partial charge in [0.15, 0.2) is 0 Å². The third kappa shape index (κ3) is 1.55. The van der Waals surface area contributed by atoms with Gasteiger partial charge in [-0.2, -0.15) is 0 Å². The molecule has 2 N–H and O–H groups in total. The van der Waals surface area contributed by atoms with Gasteiger partial charge in [-0.05, 0) is 31.1 Å². The molecular weight excluding hydrogens is 186 g/mol. The summed E-state index contributed by atoms with van der Waals surface area (Å²) in [6, 6.07) is 0. The Morgan fingerprint density at radius 3 is 2.53 bits per heavy atom. The molecule has 2 saturated carbocycles. The molecule has 1 heterocycles. The minimum absolute atomic E-state index is 0.539. The van der Waals surface area contributed by atoms with Crippen LogP contribution in [0.2, 0.25) is 0 Å². The summed E-state index contributed by atoms with van der Waals surface area (Å²) >= 11 is 0. The molecule has 3 heteroatoms. The van der Waals surface area contributed by atoms with Gasteiger partial charge in [-0.3, -0.25) is 0 Å². The van der Waals surface area contributed by atoms with Crippen molar-refractivity contribution in [3.63, 3.8) is 0 Å². The lowest BCUT2D eigenvalue weighted by atomic mass is 9.88. The molecule has 0 spiro atoms. The van der Waals surface area contributed by atoms with Crippen molar-refractivity contribution in [1.29, 1.82) is 0 Å². The van der Waals surface area contributed by atoms with Gasteiger partial charge in [0.1, 0.15) is 5.82 Å². The van der Waals surface area contributed by atoms with Crippen molar-refractivity contribution in [1.82, 2.24) is 9.97 Å². The van der Waals surface area contributed by atoms with E-state index in [1.54, 1.807) is 0 Å². The fourth-order valence-electron chi connectivity index (χ4n) is 3.22. The van der Waals surface area contributed by atoms with Crippen LogP contribution in [0, 0.1) is 11.8 Å². The zero-order chi connectivity index (χ0) is 10.3. The summed E-state index contributed by atoms with van der Waals surface area (Å²) in [6.45, 7) is 0.539.